The zero-order valence-electron chi connectivity index (χ0n) is 13.6. The maximum absolute atomic E-state index is 8.83. The summed E-state index contributed by atoms with van der Waals surface area (Å²) >= 11 is 0. The minimum atomic E-state index is 0. The molecule has 0 spiro atoms. The molecule has 3 N–H and O–H groups in total. The molecule has 1 aromatic rings. The summed E-state index contributed by atoms with van der Waals surface area (Å²) in [6.45, 7) is 8.42. The monoisotopic (exact) mass is 420 g/mol. The highest BCUT2D eigenvalue weighted by atomic mass is 127. The molecule has 0 fully saturated rings. The van der Waals surface area contributed by atoms with E-state index in [1.807, 2.05) is 13.0 Å². The molecular weight excluding hydrogens is 391 g/mol. The van der Waals surface area contributed by atoms with E-state index in [2.05, 4.69) is 51.7 Å². The number of rotatable bonds is 9. The van der Waals surface area contributed by atoms with Crippen LogP contribution < -0.4 is 15.5 Å². The van der Waals surface area contributed by atoms with E-state index in [1.165, 1.54) is 5.69 Å². The van der Waals surface area contributed by atoms with Crippen LogP contribution >= 0.6 is 24.0 Å². The number of aliphatic hydroxyl groups is 1. The third-order valence-electron chi connectivity index (χ3n) is 3.11. The van der Waals surface area contributed by atoms with Crippen molar-refractivity contribution in [3.05, 3.63) is 30.3 Å². The third-order valence-corrected chi connectivity index (χ3v) is 3.11. The summed E-state index contributed by atoms with van der Waals surface area (Å²) in [5, 5.41) is 15.1. The molecule has 1 aromatic carbocycles. The van der Waals surface area contributed by atoms with Gasteiger partial charge in [-0.3, -0.25) is 4.99 Å². The molecule has 0 aliphatic rings. The van der Waals surface area contributed by atoms with E-state index in [4.69, 9.17) is 5.11 Å². The number of halogens is 1. The first-order valence-corrected chi connectivity index (χ1v) is 7.74. The Balaban J connectivity index is 0.00000441. The Bertz CT molecular complexity index is 400. The van der Waals surface area contributed by atoms with Crippen LogP contribution in [-0.4, -0.2) is 50.4 Å². The molecule has 1 rings (SSSR count). The van der Waals surface area contributed by atoms with Crippen molar-refractivity contribution < 1.29 is 5.11 Å². The second kappa shape index (κ2) is 13.6. The molecule has 0 aromatic heterocycles. The Morgan fingerprint density at radius 3 is 2.50 bits per heavy atom. The number of aliphatic imine (C=N–C) groups is 1. The van der Waals surface area contributed by atoms with Gasteiger partial charge in [-0.05, 0) is 32.4 Å². The van der Waals surface area contributed by atoms with Crippen molar-refractivity contribution in [3.8, 4) is 0 Å². The predicted molar refractivity (Wildman–Crippen MR) is 105 cm³/mol. The van der Waals surface area contributed by atoms with Crippen molar-refractivity contribution in [2.45, 2.75) is 20.3 Å². The standard InChI is InChI=1S/C16H28N4O.HI/c1-3-17-16(19-12-14-21)18-11-8-13-20(4-2)15-9-6-5-7-10-15;/h5-7,9-10,21H,3-4,8,11-14H2,1-2H3,(H2,17,18,19);1H. The summed E-state index contributed by atoms with van der Waals surface area (Å²) in [5.41, 5.74) is 1.26. The van der Waals surface area contributed by atoms with Crippen LogP contribution in [0.15, 0.2) is 35.3 Å². The Morgan fingerprint density at radius 1 is 1.18 bits per heavy atom. The van der Waals surface area contributed by atoms with E-state index in [0.717, 1.165) is 38.6 Å². The van der Waals surface area contributed by atoms with Crippen LogP contribution in [0.3, 0.4) is 0 Å². The number of anilines is 1. The first-order valence-electron chi connectivity index (χ1n) is 7.74. The average molecular weight is 420 g/mol. The van der Waals surface area contributed by atoms with Gasteiger partial charge in [-0.15, -0.1) is 24.0 Å². The van der Waals surface area contributed by atoms with Crippen LogP contribution in [0.4, 0.5) is 5.69 Å². The fourth-order valence-corrected chi connectivity index (χ4v) is 2.08. The molecule has 126 valence electrons. The molecule has 0 aliphatic carbocycles. The van der Waals surface area contributed by atoms with Gasteiger partial charge in [-0.1, -0.05) is 18.2 Å². The van der Waals surface area contributed by atoms with Crippen molar-refractivity contribution in [3.63, 3.8) is 0 Å². The first kappa shape index (κ1) is 21.0. The highest BCUT2D eigenvalue weighted by molar-refractivity contribution is 14.0. The van der Waals surface area contributed by atoms with E-state index >= 15 is 0 Å². The zero-order valence-corrected chi connectivity index (χ0v) is 15.9. The van der Waals surface area contributed by atoms with Crippen molar-refractivity contribution in [2.24, 2.45) is 4.99 Å². The summed E-state index contributed by atoms with van der Waals surface area (Å²) < 4.78 is 0. The molecule has 0 amide bonds. The largest absolute Gasteiger partial charge is 0.395 e. The number of nitrogens with zero attached hydrogens (tertiary/aromatic N) is 2. The fourth-order valence-electron chi connectivity index (χ4n) is 2.08. The fraction of sp³-hybridized carbons (Fsp3) is 0.562. The number of hydrogen-bond donors (Lipinski definition) is 3. The van der Waals surface area contributed by atoms with E-state index in [1.54, 1.807) is 0 Å². The molecule has 22 heavy (non-hydrogen) atoms. The highest BCUT2D eigenvalue weighted by Gasteiger charge is 2.02. The maximum Gasteiger partial charge on any atom is 0.191 e. The number of guanidine groups is 1. The normalized spacial score (nSPS) is 10.8. The quantitative estimate of drug-likeness (QED) is 0.248. The van der Waals surface area contributed by atoms with Gasteiger partial charge in [-0.2, -0.15) is 0 Å². The smallest absolute Gasteiger partial charge is 0.191 e. The second-order valence-electron chi connectivity index (χ2n) is 4.68. The molecule has 0 bridgehead atoms. The molecule has 6 heteroatoms. The summed E-state index contributed by atoms with van der Waals surface area (Å²) in [6, 6.07) is 10.5. The van der Waals surface area contributed by atoms with Crippen LogP contribution in [0.2, 0.25) is 0 Å². The van der Waals surface area contributed by atoms with Crippen LogP contribution in [0.1, 0.15) is 20.3 Å². The Morgan fingerprint density at radius 2 is 1.91 bits per heavy atom. The Labute approximate surface area is 151 Å². The van der Waals surface area contributed by atoms with Gasteiger partial charge in [0.25, 0.3) is 0 Å². The molecule has 0 saturated carbocycles. The molecule has 0 unspecified atom stereocenters. The number of nitrogens with one attached hydrogen (secondary N) is 2. The lowest BCUT2D eigenvalue weighted by Gasteiger charge is -2.22. The Hall–Kier alpha value is -1.02. The predicted octanol–water partition coefficient (Wildman–Crippen LogP) is 2.07. The van der Waals surface area contributed by atoms with Crippen molar-refractivity contribution >= 4 is 35.6 Å². The highest BCUT2D eigenvalue weighted by Crippen LogP contribution is 2.12. The lowest BCUT2D eigenvalue weighted by Crippen LogP contribution is -2.38. The molecule has 0 radical (unpaired) electrons. The first-order chi connectivity index (χ1) is 10.3. The van der Waals surface area contributed by atoms with Gasteiger partial charge in [0.05, 0.1) is 6.61 Å². The minimum Gasteiger partial charge on any atom is -0.395 e. The zero-order chi connectivity index (χ0) is 15.3. The number of para-hydroxylation sites is 1. The molecule has 0 heterocycles. The van der Waals surface area contributed by atoms with Crippen LogP contribution in [0, 0.1) is 0 Å². The summed E-state index contributed by atoms with van der Waals surface area (Å²) in [4.78, 5) is 6.86. The number of aliphatic hydroxyl groups excluding tert-OH is 1. The summed E-state index contributed by atoms with van der Waals surface area (Å²) in [5.74, 6) is 0.773. The molecule has 5 nitrogen and oxygen atoms in total. The lowest BCUT2D eigenvalue weighted by molar-refractivity contribution is 0.300. The van der Waals surface area contributed by atoms with Gasteiger partial charge in [0, 0.05) is 38.4 Å². The topological polar surface area (TPSA) is 59.9 Å². The van der Waals surface area contributed by atoms with E-state index in [9.17, 15) is 0 Å². The molecule has 0 saturated heterocycles. The van der Waals surface area contributed by atoms with Crippen LogP contribution in [-0.2, 0) is 0 Å². The maximum atomic E-state index is 8.83. The van der Waals surface area contributed by atoms with Crippen LogP contribution in [0.5, 0.6) is 0 Å². The van der Waals surface area contributed by atoms with Crippen molar-refractivity contribution in [1.29, 1.82) is 0 Å². The second-order valence-corrected chi connectivity index (χ2v) is 4.68. The van der Waals surface area contributed by atoms with E-state index in [-0.39, 0.29) is 30.6 Å². The third kappa shape index (κ3) is 8.43. The number of hydrogen-bond acceptors (Lipinski definition) is 3. The van der Waals surface area contributed by atoms with Gasteiger partial charge in [-0.25, -0.2) is 0 Å². The van der Waals surface area contributed by atoms with Gasteiger partial charge in [0.15, 0.2) is 5.96 Å². The number of benzene rings is 1. The van der Waals surface area contributed by atoms with Crippen molar-refractivity contribution in [2.75, 3.05) is 44.2 Å². The van der Waals surface area contributed by atoms with E-state index < -0.39 is 0 Å². The summed E-state index contributed by atoms with van der Waals surface area (Å²) in [7, 11) is 0. The van der Waals surface area contributed by atoms with Crippen molar-refractivity contribution in [1.82, 2.24) is 10.6 Å². The van der Waals surface area contributed by atoms with Gasteiger partial charge >= 0.3 is 0 Å². The van der Waals surface area contributed by atoms with Gasteiger partial charge < -0.3 is 20.6 Å². The molecular formula is C16H29IN4O. The van der Waals surface area contributed by atoms with Gasteiger partial charge in [0.2, 0.25) is 0 Å². The average Bonchev–Trinajstić information content (AvgIpc) is 2.53. The van der Waals surface area contributed by atoms with E-state index in [0.29, 0.717) is 6.54 Å². The minimum absolute atomic E-state index is 0. The lowest BCUT2D eigenvalue weighted by atomic mass is 10.2. The SMILES string of the molecule is CCNC(=NCCCN(CC)c1ccccc1)NCCO.I. The molecule has 0 atom stereocenters. The Kier molecular flexibility index (Phi) is 13.0. The van der Waals surface area contributed by atoms with Crippen LogP contribution in [0.25, 0.3) is 0 Å². The molecule has 0 aliphatic heterocycles. The van der Waals surface area contributed by atoms with Gasteiger partial charge in [0.1, 0.15) is 0 Å². The summed E-state index contributed by atoms with van der Waals surface area (Å²) in [6.07, 6.45) is 0.998.